The van der Waals surface area contributed by atoms with Crippen LogP contribution in [0.15, 0.2) is 16.6 Å². The van der Waals surface area contributed by atoms with E-state index in [1.807, 2.05) is 0 Å². The summed E-state index contributed by atoms with van der Waals surface area (Å²) in [6, 6.07) is 1.84. The number of alkyl halides is 3. The van der Waals surface area contributed by atoms with Gasteiger partial charge in [0.05, 0.1) is 11.3 Å². The lowest BCUT2D eigenvalue weighted by atomic mass is 10.1. The quantitative estimate of drug-likeness (QED) is 0.561. The van der Waals surface area contributed by atoms with Gasteiger partial charge >= 0.3 is 6.18 Å². The van der Waals surface area contributed by atoms with E-state index in [1.54, 1.807) is 0 Å². The standard InChI is InChI=1S/C7H4BrF4N/c8-3-1-2-4(9)6(13)5(3)7(10,11)12/h1-2H,13H2. The number of hydrogen-bond acceptors (Lipinski definition) is 1. The minimum atomic E-state index is -4.65. The summed E-state index contributed by atoms with van der Waals surface area (Å²) in [5.41, 5.74) is 2.88. The summed E-state index contributed by atoms with van der Waals surface area (Å²) in [6.07, 6.45) is -4.65. The van der Waals surface area contributed by atoms with Gasteiger partial charge in [0.15, 0.2) is 0 Å². The molecule has 0 atom stereocenters. The zero-order valence-electron chi connectivity index (χ0n) is 6.12. The summed E-state index contributed by atoms with van der Waals surface area (Å²) >= 11 is 2.65. The third kappa shape index (κ3) is 1.93. The molecule has 1 aromatic carbocycles. The lowest BCUT2D eigenvalue weighted by Crippen LogP contribution is -2.11. The highest BCUT2D eigenvalue weighted by molar-refractivity contribution is 9.10. The van der Waals surface area contributed by atoms with E-state index in [1.165, 1.54) is 0 Å². The molecule has 0 unspecified atom stereocenters. The summed E-state index contributed by atoms with van der Waals surface area (Å²) < 4.78 is 49.0. The van der Waals surface area contributed by atoms with E-state index in [0.717, 1.165) is 12.1 Å². The Hall–Kier alpha value is -0.780. The van der Waals surface area contributed by atoms with Gasteiger partial charge in [-0.05, 0) is 12.1 Å². The average molecular weight is 258 g/mol. The van der Waals surface area contributed by atoms with Gasteiger partial charge in [0.25, 0.3) is 0 Å². The molecule has 2 N–H and O–H groups in total. The molecule has 13 heavy (non-hydrogen) atoms. The van der Waals surface area contributed by atoms with Crippen molar-refractivity contribution < 1.29 is 17.6 Å². The maximum absolute atomic E-state index is 12.6. The summed E-state index contributed by atoms with van der Waals surface area (Å²) in [4.78, 5) is 0. The Kier molecular flexibility index (Phi) is 2.51. The van der Waals surface area contributed by atoms with Crippen LogP contribution in [0.2, 0.25) is 0 Å². The lowest BCUT2D eigenvalue weighted by Gasteiger charge is -2.11. The molecule has 0 aromatic heterocycles. The molecule has 0 aliphatic heterocycles. The van der Waals surface area contributed by atoms with Crippen LogP contribution in [0.4, 0.5) is 23.2 Å². The highest BCUT2D eigenvalue weighted by atomic mass is 79.9. The molecule has 6 heteroatoms. The number of anilines is 1. The predicted molar refractivity (Wildman–Crippen MR) is 43.5 cm³/mol. The molecule has 0 spiro atoms. The van der Waals surface area contributed by atoms with Gasteiger partial charge in [-0.3, -0.25) is 0 Å². The highest BCUT2D eigenvalue weighted by Gasteiger charge is 2.36. The zero-order valence-corrected chi connectivity index (χ0v) is 7.71. The van der Waals surface area contributed by atoms with Gasteiger partial charge in [0.1, 0.15) is 5.82 Å². The van der Waals surface area contributed by atoms with Gasteiger partial charge in [-0.1, -0.05) is 15.9 Å². The lowest BCUT2D eigenvalue weighted by molar-refractivity contribution is -0.137. The Labute approximate surface area is 79.7 Å². The van der Waals surface area contributed by atoms with Crippen molar-refractivity contribution in [2.24, 2.45) is 0 Å². The summed E-state index contributed by atoms with van der Waals surface area (Å²) in [5, 5.41) is 0. The average Bonchev–Trinajstić information content (AvgIpc) is 1.95. The number of nitrogens with two attached hydrogens (primary N) is 1. The second kappa shape index (κ2) is 3.17. The molecule has 72 valence electrons. The van der Waals surface area contributed by atoms with Gasteiger partial charge in [0, 0.05) is 4.47 Å². The van der Waals surface area contributed by atoms with E-state index < -0.39 is 23.2 Å². The van der Waals surface area contributed by atoms with Gasteiger partial charge in [-0.25, -0.2) is 4.39 Å². The van der Waals surface area contributed by atoms with Crippen molar-refractivity contribution >= 4 is 21.6 Å². The van der Waals surface area contributed by atoms with Gasteiger partial charge in [0.2, 0.25) is 0 Å². The predicted octanol–water partition coefficient (Wildman–Crippen LogP) is 3.19. The summed E-state index contributed by atoms with van der Waals surface area (Å²) in [5.74, 6) is -1.07. The van der Waals surface area contributed by atoms with E-state index in [9.17, 15) is 17.6 Å². The molecule has 0 saturated carbocycles. The monoisotopic (exact) mass is 257 g/mol. The van der Waals surface area contributed by atoms with Crippen LogP contribution in [0.1, 0.15) is 5.56 Å². The Morgan fingerprint density at radius 3 is 2.15 bits per heavy atom. The number of rotatable bonds is 0. The van der Waals surface area contributed by atoms with Crippen molar-refractivity contribution in [2.75, 3.05) is 5.73 Å². The minimum absolute atomic E-state index is 0.265. The van der Waals surface area contributed by atoms with Crippen LogP contribution in [-0.2, 0) is 6.18 Å². The van der Waals surface area contributed by atoms with Crippen LogP contribution in [0.3, 0.4) is 0 Å². The maximum atomic E-state index is 12.6. The van der Waals surface area contributed by atoms with Crippen LogP contribution in [0.25, 0.3) is 0 Å². The SMILES string of the molecule is Nc1c(F)ccc(Br)c1C(F)(F)F. The van der Waals surface area contributed by atoms with Crippen molar-refractivity contribution in [1.29, 1.82) is 0 Å². The first-order chi connectivity index (χ1) is 5.84. The molecule has 0 radical (unpaired) electrons. The summed E-state index contributed by atoms with van der Waals surface area (Å²) in [6.45, 7) is 0. The van der Waals surface area contributed by atoms with Crippen molar-refractivity contribution in [2.45, 2.75) is 6.18 Å². The van der Waals surface area contributed by atoms with Crippen LogP contribution < -0.4 is 5.73 Å². The first-order valence-electron chi connectivity index (χ1n) is 3.14. The normalized spacial score (nSPS) is 11.8. The molecular formula is C7H4BrF4N. The third-order valence-corrected chi connectivity index (χ3v) is 2.09. The first kappa shape index (κ1) is 10.3. The first-order valence-corrected chi connectivity index (χ1v) is 3.94. The van der Waals surface area contributed by atoms with Gasteiger partial charge in [-0.15, -0.1) is 0 Å². The number of nitrogen functional groups attached to an aromatic ring is 1. The number of halogens is 5. The van der Waals surface area contributed by atoms with Gasteiger partial charge in [-0.2, -0.15) is 13.2 Å². The van der Waals surface area contributed by atoms with E-state index in [4.69, 9.17) is 5.73 Å². The second-order valence-electron chi connectivity index (χ2n) is 2.32. The van der Waals surface area contributed by atoms with Crippen molar-refractivity contribution in [1.82, 2.24) is 0 Å². The molecule has 0 aliphatic rings. The maximum Gasteiger partial charge on any atom is 0.419 e. The molecule has 1 rings (SSSR count). The molecule has 0 saturated heterocycles. The van der Waals surface area contributed by atoms with Crippen molar-refractivity contribution in [3.05, 3.63) is 28.0 Å². The fourth-order valence-corrected chi connectivity index (χ4v) is 1.43. The fraction of sp³-hybridized carbons (Fsp3) is 0.143. The topological polar surface area (TPSA) is 26.0 Å². The molecule has 0 heterocycles. The fourth-order valence-electron chi connectivity index (χ4n) is 0.856. The Morgan fingerprint density at radius 2 is 1.77 bits per heavy atom. The van der Waals surface area contributed by atoms with Crippen LogP contribution in [0, 0.1) is 5.82 Å². The second-order valence-corrected chi connectivity index (χ2v) is 3.17. The number of benzene rings is 1. The van der Waals surface area contributed by atoms with Crippen LogP contribution >= 0.6 is 15.9 Å². The Morgan fingerprint density at radius 1 is 1.23 bits per heavy atom. The van der Waals surface area contributed by atoms with E-state index >= 15 is 0 Å². The largest absolute Gasteiger partial charge is 0.419 e. The number of hydrogen-bond donors (Lipinski definition) is 1. The molecule has 1 nitrogen and oxygen atoms in total. The Balaban J connectivity index is 3.43. The third-order valence-electron chi connectivity index (χ3n) is 1.42. The minimum Gasteiger partial charge on any atom is -0.396 e. The van der Waals surface area contributed by atoms with Crippen LogP contribution in [0.5, 0.6) is 0 Å². The zero-order chi connectivity index (χ0) is 10.2. The molecule has 0 fully saturated rings. The van der Waals surface area contributed by atoms with Crippen molar-refractivity contribution in [3.63, 3.8) is 0 Å². The van der Waals surface area contributed by atoms with Gasteiger partial charge < -0.3 is 5.73 Å². The highest BCUT2D eigenvalue weighted by Crippen LogP contribution is 2.39. The van der Waals surface area contributed by atoms with E-state index in [-0.39, 0.29) is 4.47 Å². The molecule has 0 aliphatic carbocycles. The van der Waals surface area contributed by atoms with Crippen molar-refractivity contribution in [3.8, 4) is 0 Å². The summed E-state index contributed by atoms with van der Waals surface area (Å²) in [7, 11) is 0. The molecule has 0 bridgehead atoms. The van der Waals surface area contributed by atoms with Crippen LogP contribution in [-0.4, -0.2) is 0 Å². The Bertz CT molecular complexity index is 334. The molecule has 1 aromatic rings. The molecule has 0 amide bonds. The van der Waals surface area contributed by atoms with E-state index in [0.29, 0.717) is 0 Å². The molecular weight excluding hydrogens is 254 g/mol. The van der Waals surface area contributed by atoms with E-state index in [2.05, 4.69) is 15.9 Å². The smallest absolute Gasteiger partial charge is 0.396 e.